The molecule has 94 valence electrons. The van der Waals surface area contributed by atoms with E-state index in [-0.39, 0.29) is 11.3 Å². The van der Waals surface area contributed by atoms with E-state index in [4.69, 9.17) is 0 Å². The summed E-state index contributed by atoms with van der Waals surface area (Å²) in [5.41, 5.74) is 1.84. The SMILES string of the molecule is CC[C@@H](C)c1ccc(NC(=O)C(C)(C)C)cc1. The fourth-order valence-electron chi connectivity index (χ4n) is 1.45. The molecule has 1 aromatic carbocycles. The lowest BCUT2D eigenvalue weighted by Gasteiger charge is -2.18. The molecule has 0 saturated carbocycles. The molecule has 0 unspecified atom stereocenters. The molecule has 0 aliphatic heterocycles. The van der Waals surface area contributed by atoms with Crippen LogP contribution in [0.2, 0.25) is 0 Å². The summed E-state index contributed by atoms with van der Waals surface area (Å²) >= 11 is 0. The van der Waals surface area contributed by atoms with Crippen LogP contribution in [0, 0.1) is 5.41 Å². The van der Waals surface area contributed by atoms with Gasteiger partial charge in [0.25, 0.3) is 0 Å². The van der Waals surface area contributed by atoms with Gasteiger partial charge in [0.2, 0.25) is 5.91 Å². The molecule has 1 amide bonds. The van der Waals surface area contributed by atoms with Gasteiger partial charge in [0.1, 0.15) is 0 Å². The molecule has 0 aliphatic rings. The number of benzene rings is 1. The van der Waals surface area contributed by atoms with E-state index in [1.165, 1.54) is 5.56 Å². The number of anilines is 1. The molecule has 1 aromatic rings. The van der Waals surface area contributed by atoms with Crippen molar-refractivity contribution in [2.24, 2.45) is 5.41 Å². The molecule has 0 saturated heterocycles. The van der Waals surface area contributed by atoms with Gasteiger partial charge in [-0.25, -0.2) is 0 Å². The Labute approximate surface area is 104 Å². The number of carbonyl (C=O) groups excluding carboxylic acids is 1. The number of rotatable bonds is 3. The maximum Gasteiger partial charge on any atom is 0.229 e. The van der Waals surface area contributed by atoms with Crippen molar-refractivity contribution in [1.29, 1.82) is 0 Å². The van der Waals surface area contributed by atoms with Crippen LogP contribution in [-0.4, -0.2) is 5.91 Å². The van der Waals surface area contributed by atoms with Gasteiger partial charge in [-0.3, -0.25) is 4.79 Å². The number of hydrogen-bond donors (Lipinski definition) is 1. The van der Waals surface area contributed by atoms with Crippen molar-refractivity contribution in [3.05, 3.63) is 29.8 Å². The Kier molecular flexibility index (Phi) is 4.33. The minimum atomic E-state index is -0.352. The van der Waals surface area contributed by atoms with Gasteiger partial charge >= 0.3 is 0 Å². The molecule has 0 bridgehead atoms. The van der Waals surface area contributed by atoms with Crippen LogP contribution in [0.15, 0.2) is 24.3 Å². The smallest absolute Gasteiger partial charge is 0.229 e. The van der Waals surface area contributed by atoms with Crippen LogP contribution in [0.3, 0.4) is 0 Å². The fourth-order valence-corrected chi connectivity index (χ4v) is 1.45. The zero-order valence-electron chi connectivity index (χ0n) is 11.5. The number of hydrogen-bond acceptors (Lipinski definition) is 1. The molecule has 0 aromatic heterocycles. The van der Waals surface area contributed by atoms with Crippen molar-refractivity contribution in [3.63, 3.8) is 0 Å². The van der Waals surface area contributed by atoms with Crippen molar-refractivity contribution in [1.82, 2.24) is 0 Å². The first kappa shape index (κ1) is 13.8. The highest BCUT2D eigenvalue weighted by Crippen LogP contribution is 2.22. The van der Waals surface area contributed by atoms with Crippen LogP contribution in [-0.2, 0) is 4.79 Å². The van der Waals surface area contributed by atoms with E-state index in [1.54, 1.807) is 0 Å². The second-order valence-electron chi connectivity index (χ2n) is 5.64. The Hall–Kier alpha value is -1.31. The number of amides is 1. The van der Waals surface area contributed by atoms with Crippen LogP contribution < -0.4 is 5.32 Å². The van der Waals surface area contributed by atoms with Crippen molar-refractivity contribution in [2.45, 2.75) is 47.0 Å². The number of nitrogens with one attached hydrogen (secondary N) is 1. The van der Waals surface area contributed by atoms with E-state index in [2.05, 4.69) is 31.3 Å². The van der Waals surface area contributed by atoms with Gasteiger partial charge in [-0.1, -0.05) is 46.8 Å². The number of carbonyl (C=O) groups is 1. The lowest BCUT2D eigenvalue weighted by Crippen LogP contribution is -2.27. The third-order valence-electron chi connectivity index (χ3n) is 3.03. The second-order valence-corrected chi connectivity index (χ2v) is 5.64. The highest BCUT2D eigenvalue weighted by atomic mass is 16.2. The van der Waals surface area contributed by atoms with Gasteiger partial charge in [-0.15, -0.1) is 0 Å². The zero-order chi connectivity index (χ0) is 13.1. The van der Waals surface area contributed by atoms with Gasteiger partial charge in [-0.05, 0) is 30.0 Å². The Bertz CT molecular complexity index is 373. The Morgan fingerprint density at radius 2 is 1.76 bits per heavy atom. The maximum atomic E-state index is 11.8. The van der Waals surface area contributed by atoms with E-state index in [0.29, 0.717) is 5.92 Å². The molecule has 0 fully saturated rings. The minimum Gasteiger partial charge on any atom is -0.326 e. The third kappa shape index (κ3) is 3.88. The van der Waals surface area contributed by atoms with Crippen LogP contribution >= 0.6 is 0 Å². The van der Waals surface area contributed by atoms with Crippen molar-refractivity contribution >= 4 is 11.6 Å². The van der Waals surface area contributed by atoms with Gasteiger partial charge in [0, 0.05) is 11.1 Å². The van der Waals surface area contributed by atoms with Crippen LogP contribution in [0.5, 0.6) is 0 Å². The standard InChI is InChI=1S/C15H23NO/c1-6-11(2)12-7-9-13(10-8-12)16-14(17)15(3,4)5/h7-11H,6H2,1-5H3,(H,16,17)/t11-/m1/s1. The Morgan fingerprint density at radius 3 is 2.18 bits per heavy atom. The molecule has 17 heavy (non-hydrogen) atoms. The van der Waals surface area contributed by atoms with Crippen molar-refractivity contribution in [2.75, 3.05) is 5.32 Å². The summed E-state index contributed by atoms with van der Waals surface area (Å²) in [6, 6.07) is 8.13. The molecule has 1 rings (SSSR count). The summed E-state index contributed by atoms with van der Waals surface area (Å²) in [7, 11) is 0. The first-order chi connectivity index (χ1) is 7.84. The van der Waals surface area contributed by atoms with Crippen LogP contribution in [0.1, 0.15) is 52.5 Å². The summed E-state index contributed by atoms with van der Waals surface area (Å²) in [6.45, 7) is 10.1. The normalized spacial score (nSPS) is 13.2. The molecular formula is C15H23NO. The van der Waals surface area contributed by atoms with Gasteiger partial charge in [-0.2, -0.15) is 0 Å². The topological polar surface area (TPSA) is 29.1 Å². The summed E-state index contributed by atoms with van der Waals surface area (Å²) in [5.74, 6) is 0.621. The molecular weight excluding hydrogens is 210 g/mol. The first-order valence-corrected chi connectivity index (χ1v) is 6.26. The molecule has 1 atom stereocenters. The van der Waals surface area contributed by atoms with E-state index in [1.807, 2.05) is 32.9 Å². The van der Waals surface area contributed by atoms with E-state index < -0.39 is 0 Å². The zero-order valence-corrected chi connectivity index (χ0v) is 11.5. The van der Waals surface area contributed by atoms with Gasteiger partial charge in [0.15, 0.2) is 0 Å². The predicted molar refractivity (Wildman–Crippen MR) is 73.2 cm³/mol. The second kappa shape index (κ2) is 5.35. The summed E-state index contributed by atoms with van der Waals surface area (Å²) in [6.07, 6.45) is 1.13. The van der Waals surface area contributed by atoms with Crippen molar-refractivity contribution in [3.8, 4) is 0 Å². The minimum absolute atomic E-state index is 0.0498. The van der Waals surface area contributed by atoms with Crippen LogP contribution in [0.4, 0.5) is 5.69 Å². The summed E-state index contributed by atoms with van der Waals surface area (Å²) in [4.78, 5) is 11.8. The van der Waals surface area contributed by atoms with Gasteiger partial charge < -0.3 is 5.32 Å². The highest BCUT2D eigenvalue weighted by Gasteiger charge is 2.20. The molecule has 0 radical (unpaired) electrons. The first-order valence-electron chi connectivity index (χ1n) is 6.26. The fraction of sp³-hybridized carbons (Fsp3) is 0.533. The molecule has 0 heterocycles. The van der Waals surface area contributed by atoms with E-state index in [9.17, 15) is 4.79 Å². The Balaban J connectivity index is 2.72. The predicted octanol–water partition coefficient (Wildman–Crippen LogP) is 4.18. The van der Waals surface area contributed by atoms with E-state index in [0.717, 1.165) is 12.1 Å². The quantitative estimate of drug-likeness (QED) is 0.833. The van der Waals surface area contributed by atoms with Crippen LogP contribution in [0.25, 0.3) is 0 Å². The average molecular weight is 233 g/mol. The lowest BCUT2D eigenvalue weighted by molar-refractivity contribution is -0.123. The monoisotopic (exact) mass is 233 g/mol. The van der Waals surface area contributed by atoms with E-state index >= 15 is 0 Å². The average Bonchev–Trinajstić information content (AvgIpc) is 2.27. The highest BCUT2D eigenvalue weighted by molar-refractivity contribution is 5.94. The maximum absolute atomic E-state index is 11.8. The molecule has 0 spiro atoms. The molecule has 1 N–H and O–H groups in total. The molecule has 0 aliphatic carbocycles. The lowest BCUT2D eigenvalue weighted by atomic mass is 9.95. The summed E-state index contributed by atoms with van der Waals surface area (Å²) in [5, 5.41) is 2.93. The van der Waals surface area contributed by atoms with Crippen molar-refractivity contribution < 1.29 is 4.79 Å². The molecule has 2 nitrogen and oxygen atoms in total. The third-order valence-corrected chi connectivity index (χ3v) is 3.03. The Morgan fingerprint density at radius 1 is 1.24 bits per heavy atom. The molecule has 2 heteroatoms. The summed E-state index contributed by atoms with van der Waals surface area (Å²) < 4.78 is 0. The largest absolute Gasteiger partial charge is 0.326 e. The van der Waals surface area contributed by atoms with Gasteiger partial charge in [0.05, 0.1) is 0 Å².